The first-order chi connectivity index (χ1) is 7.18. The van der Waals surface area contributed by atoms with Gasteiger partial charge in [-0.1, -0.05) is 41.1 Å². The van der Waals surface area contributed by atoms with Gasteiger partial charge in [0.05, 0.1) is 0 Å². The Kier molecular flexibility index (Phi) is 5.73. The summed E-state index contributed by atoms with van der Waals surface area (Å²) in [4.78, 5) is 2.78. The van der Waals surface area contributed by atoms with Gasteiger partial charge in [0.2, 0.25) is 0 Å². The molecule has 0 bridgehead atoms. The maximum Gasteiger partial charge on any atom is 0.119 e. The number of benzene rings is 1. The summed E-state index contributed by atoms with van der Waals surface area (Å²) in [5, 5.41) is 0. The zero-order chi connectivity index (χ0) is 11.1. The van der Waals surface area contributed by atoms with Gasteiger partial charge in [-0.05, 0) is 19.2 Å². The van der Waals surface area contributed by atoms with Gasteiger partial charge in [0.25, 0.3) is 0 Å². The third-order valence-corrected chi connectivity index (χ3v) is 2.34. The van der Waals surface area contributed by atoms with Crippen molar-refractivity contribution < 1.29 is 4.74 Å². The second-order valence-electron chi connectivity index (χ2n) is 3.70. The number of ether oxygens (including phenoxy) is 1. The number of nitrogens with zero attached hydrogens (tertiary/aromatic N) is 1. The summed E-state index contributed by atoms with van der Waals surface area (Å²) in [6.45, 7) is 4.87. The molecular formula is C12H18BrNO. The van der Waals surface area contributed by atoms with E-state index in [2.05, 4.69) is 34.8 Å². The Bertz CT molecular complexity index is 264. The molecule has 0 fully saturated rings. The molecule has 0 spiro atoms. The Balaban J connectivity index is 2.16. The zero-order valence-electron chi connectivity index (χ0n) is 9.32. The van der Waals surface area contributed by atoms with Gasteiger partial charge in [-0.15, -0.1) is 0 Å². The Morgan fingerprint density at radius 2 is 2.00 bits per heavy atom. The van der Waals surface area contributed by atoms with E-state index in [1.807, 2.05) is 30.3 Å². The van der Waals surface area contributed by atoms with E-state index < -0.39 is 0 Å². The monoisotopic (exact) mass is 271 g/mol. The molecule has 0 saturated carbocycles. The number of hydrogen-bond acceptors (Lipinski definition) is 2. The van der Waals surface area contributed by atoms with Crippen LogP contribution in [-0.4, -0.2) is 36.5 Å². The Morgan fingerprint density at radius 3 is 2.60 bits per heavy atom. The second-order valence-corrected chi connectivity index (χ2v) is 5.27. The van der Waals surface area contributed by atoms with E-state index in [0.29, 0.717) is 4.83 Å². The molecule has 1 aromatic rings. The topological polar surface area (TPSA) is 12.5 Å². The van der Waals surface area contributed by atoms with Crippen LogP contribution in [0.4, 0.5) is 0 Å². The van der Waals surface area contributed by atoms with Crippen LogP contribution in [0.15, 0.2) is 30.3 Å². The predicted molar refractivity (Wildman–Crippen MR) is 67.8 cm³/mol. The third-order valence-electron chi connectivity index (χ3n) is 2.05. The normalized spacial score (nSPS) is 12.8. The lowest BCUT2D eigenvalue weighted by molar-refractivity contribution is 0.239. The standard InChI is InChI=1S/C12H18BrNO/c1-11(13)10-14(2)8-9-15-12-6-4-3-5-7-12/h3-7,11H,8-10H2,1-2H3. The molecule has 2 nitrogen and oxygen atoms in total. The fraction of sp³-hybridized carbons (Fsp3) is 0.500. The molecule has 0 amide bonds. The van der Waals surface area contributed by atoms with Crippen LogP contribution in [-0.2, 0) is 0 Å². The highest BCUT2D eigenvalue weighted by atomic mass is 79.9. The van der Waals surface area contributed by atoms with Crippen LogP contribution in [0, 0.1) is 0 Å². The van der Waals surface area contributed by atoms with Gasteiger partial charge in [0.1, 0.15) is 12.4 Å². The number of halogens is 1. The minimum atomic E-state index is 0.527. The van der Waals surface area contributed by atoms with Crippen LogP contribution < -0.4 is 4.74 Å². The van der Waals surface area contributed by atoms with E-state index >= 15 is 0 Å². The highest BCUT2D eigenvalue weighted by Gasteiger charge is 2.02. The fourth-order valence-corrected chi connectivity index (χ4v) is 1.85. The van der Waals surface area contributed by atoms with Gasteiger partial charge in [-0.25, -0.2) is 0 Å². The van der Waals surface area contributed by atoms with Crippen molar-refractivity contribution in [2.75, 3.05) is 26.7 Å². The molecule has 1 rings (SSSR count). The van der Waals surface area contributed by atoms with Crippen molar-refractivity contribution in [2.24, 2.45) is 0 Å². The summed E-state index contributed by atoms with van der Waals surface area (Å²) in [5.41, 5.74) is 0. The summed E-state index contributed by atoms with van der Waals surface area (Å²) in [6, 6.07) is 9.92. The van der Waals surface area contributed by atoms with Crippen molar-refractivity contribution >= 4 is 15.9 Å². The summed E-state index contributed by atoms with van der Waals surface area (Å²) in [7, 11) is 2.10. The van der Waals surface area contributed by atoms with Crippen molar-refractivity contribution in [3.63, 3.8) is 0 Å². The SMILES string of the molecule is CC(Br)CN(C)CCOc1ccccc1. The van der Waals surface area contributed by atoms with Crippen LogP contribution >= 0.6 is 15.9 Å². The predicted octanol–water partition coefficient (Wildman–Crippen LogP) is 2.78. The van der Waals surface area contributed by atoms with E-state index in [0.717, 1.165) is 25.4 Å². The molecule has 0 heterocycles. The lowest BCUT2D eigenvalue weighted by Gasteiger charge is -2.18. The van der Waals surface area contributed by atoms with E-state index in [-0.39, 0.29) is 0 Å². The van der Waals surface area contributed by atoms with Crippen molar-refractivity contribution in [3.05, 3.63) is 30.3 Å². The fourth-order valence-electron chi connectivity index (χ4n) is 1.36. The molecule has 0 aliphatic carbocycles. The molecule has 0 aliphatic heterocycles. The van der Waals surface area contributed by atoms with E-state index in [9.17, 15) is 0 Å². The molecular weight excluding hydrogens is 254 g/mol. The van der Waals surface area contributed by atoms with E-state index in [1.54, 1.807) is 0 Å². The molecule has 0 saturated heterocycles. The summed E-state index contributed by atoms with van der Waals surface area (Å²) in [5.74, 6) is 0.942. The van der Waals surface area contributed by atoms with Gasteiger partial charge in [0.15, 0.2) is 0 Å². The lowest BCUT2D eigenvalue weighted by atomic mass is 10.3. The summed E-state index contributed by atoms with van der Waals surface area (Å²) >= 11 is 3.53. The van der Waals surface area contributed by atoms with Crippen molar-refractivity contribution in [2.45, 2.75) is 11.8 Å². The molecule has 1 atom stereocenters. The zero-order valence-corrected chi connectivity index (χ0v) is 10.9. The minimum Gasteiger partial charge on any atom is -0.492 e. The molecule has 3 heteroatoms. The van der Waals surface area contributed by atoms with Gasteiger partial charge >= 0.3 is 0 Å². The van der Waals surface area contributed by atoms with Gasteiger partial charge in [0, 0.05) is 17.9 Å². The minimum absolute atomic E-state index is 0.527. The molecule has 15 heavy (non-hydrogen) atoms. The highest BCUT2D eigenvalue weighted by molar-refractivity contribution is 9.09. The first-order valence-electron chi connectivity index (χ1n) is 5.19. The number of likely N-dealkylation sites (N-methyl/N-ethyl adjacent to an activating group) is 1. The molecule has 84 valence electrons. The average molecular weight is 272 g/mol. The van der Waals surface area contributed by atoms with Crippen molar-refractivity contribution in [1.29, 1.82) is 0 Å². The maximum absolute atomic E-state index is 5.60. The largest absolute Gasteiger partial charge is 0.492 e. The van der Waals surface area contributed by atoms with Gasteiger partial charge < -0.3 is 9.64 Å². The Morgan fingerprint density at radius 1 is 1.33 bits per heavy atom. The lowest BCUT2D eigenvalue weighted by Crippen LogP contribution is -2.28. The second kappa shape index (κ2) is 6.85. The molecule has 0 aromatic heterocycles. The number of hydrogen-bond donors (Lipinski definition) is 0. The van der Waals surface area contributed by atoms with Gasteiger partial charge in [-0.3, -0.25) is 0 Å². The Hall–Kier alpha value is -0.540. The molecule has 1 aromatic carbocycles. The molecule has 0 N–H and O–H groups in total. The summed E-state index contributed by atoms with van der Waals surface area (Å²) in [6.07, 6.45) is 0. The number of alkyl halides is 1. The van der Waals surface area contributed by atoms with Crippen LogP contribution in [0.25, 0.3) is 0 Å². The Labute approximate surface area is 100 Å². The van der Waals surface area contributed by atoms with E-state index in [1.165, 1.54) is 0 Å². The molecule has 1 unspecified atom stereocenters. The number of para-hydroxylation sites is 1. The van der Waals surface area contributed by atoms with Crippen molar-refractivity contribution in [1.82, 2.24) is 4.90 Å². The van der Waals surface area contributed by atoms with Crippen molar-refractivity contribution in [3.8, 4) is 5.75 Å². The summed E-state index contributed by atoms with van der Waals surface area (Å²) < 4.78 is 5.60. The quantitative estimate of drug-likeness (QED) is 0.738. The van der Waals surface area contributed by atoms with Gasteiger partial charge in [-0.2, -0.15) is 0 Å². The van der Waals surface area contributed by atoms with Crippen LogP contribution in [0.3, 0.4) is 0 Å². The molecule has 0 radical (unpaired) electrons. The average Bonchev–Trinajstić information content (AvgIpc) is 2.18. The smallest absolute Gasteiger partial charge is 0.119 e. The van der Waals surface area contributed by atoms with Crippen LogP contribution in [0.1, 0.15) is 6.92 Å². The molecule has 0 aliphatic rings. The van der Waals surface area contributed by atoms with E-state index in [4.69, 9.17) is 4.74 Å². The number of rotatable bonds is 6. The highest BCUT2D eigenvalue weighted by Crippen LogP contribution is 2.08. The van der Waals surface area contributed by atoms with Crippen LogP contribution in [0.2, 0.25) is 0 Å². The maximum atomic E-state index is 5.60. The van der Waals surface area contributed by atoms with Crippen LogP contribution in [0.5, 0.6) is 5.75 Å². The third kappa shape index (κ3) is 5.80. The first kappa shape index (κ1) is 12.5. The first-order valence-corrected chi connectivity index (χ1v) is 6.10.